The average molecular weight is 419 g/mol. The zero-order valence-electron chi connectivity index (χ0n) is 17.7. The molecule has 0 aliphatic carbocycles. The third-order valence-electron chi connectivity index (χ3n) is 4.63. The first kappa shape index (κ1) is 21.8. The zero-order chi connectivity index (χ0) is 22.4. The van der Waals surface area contributed by atoms with E-state index < -0.39 is 11.8 Å². The van der Waals surface area contributed by atoms with Crippen LogP contribution in [-0.4, -0.2) is 34.5 Å². The van der Waals surface area contributed by atoms with E-state index in [-0.39, 0.29) is 23.6 Å². The van der Waals surface area contributed by atoms with E-state index >= 15 is 0 Å². The van der Waals surface area contributed by atoms with E-state index in [1.165, 1.54) is 0 Å². The van der Waals surface area contributed by atoms with Crippen LogP contribution in [0, 0.1) is 0 Å². The lowest BCUT2D eigenvalue weighted by atomic mass is 9.87. The average Bonchev–Trinajstić information content (AvgIpc) is 3.26. The fourth-order valence-corrected chi connectivity index (χ4v) is 2.82. The Morgan fingerprint density at radius 1 is 0.903 bits per heavy atom. The van der Waals surface area contributed by atoms with Crippen molar-refractivity contribution in [2.75, 3.05) is 6.54 Å². The third-order valence-corrected chi connectivity index (χ3v) is 4.63. The Morgan fingerprint density at radius 2 is 1.58 bits per heavy atom. The normalized spacial score (nSPS) is 10.9. The van der Waals surface area contributed by atoms with Gasteiger partial charge in [0, 0.05) is 11.1 Å². The van der Waals surface area contributed by atoms with Gasteiger partial charge >= 0.3 is 0 Å². The topological polar surface area (TPSA) is 116 Å². The molecule has 8 nitrogen and oxygen atoms in total. The van der Waals surface area contributed by atoms with Gasteiger partial charge in [-0.25, -0.2) is 0 Å². The lowest BCUT2D eigenvalue weighted by molar-refractivity contribution is -0.120. The third kappa shape index (κ3) is 5.79. The molecule has 0 saturated carbocycles. The SMILES string of the molecule is CC(C)(C)c1ccc(C(=O)NCC(=O)NNC(=O)c2cc(-c3ccccc3)n[nH]2)cc1. The van der Waals surface area contributed by atoms with Crippen LogP contribution in [0.3, 0.4) is 0 Å². The van der Waals surface area contributed by atoms with Crippen molar-refractivity contribution in [3.8, 4) is 11.3 Å². The van der Waals surface area contributed by atoms with Gasteiger partial charge in [0.15, 0.2) is 0 Å². The minimum Gasteiger partial charge on any atom is -0.343 e. The summed E-state index contributed by atoms with van der Waals surface area (Å²) in [6.07, 6.45) is 0. The van der Waals surface area contributed by atoms with E-state index in [4.69, 9.17) is 0 Å². The molecule has 0 bridgehead atoms. The van der Waals surface area contributed by atoms with Gasteiger partial charge < -0.3 is 5.32 Å². The predicted octanol–water partition coefficient (Wildman–Crippen LogP) is 2.57. The monoisotopic (exact) mass is 419 g/mol. The van der Waals surface area contributed by atoms with Crippen molar-refractivity contribution in [1.82, 2.24) is 26.4 Å². The molecule has 0 saturated heterocycles. The molecular formula is C23H25N5O3. The van der Waals surface area contributed by atoms with Gasteiger partial charge in [0.05, 0.1) is 12.2 Å². The minimum absolute atomic E-state index is 0.0103. The number of aromatic amines is 1. The maximum absolute atomic E-state index is 12.2. The smallest absolute Gasteiger partial charge is 0.287 e. The van der Waals surface area contributed by atoms with Crippen molar-refractivity contribution < 1.29 is 14.4 Å². The van der Waals surface area contributed by atoms with Crippen LogP contribution < -0.4 is 16.2 Å². The molecule has 3 rings (SSSR count). The number of carbonyl (C=O) groups excluding carboxylic acids is 3. The second kappa shape index (κ2) is 9.25. The molecule has 8 heteroatoms. The fourth-order valence-electron chi connectivity index (χ4n) is 2.82. The molecule has 0 fully saturated rings. The van der Waals surface area contributed by atoms with Crippen LogP contribution in [0.2, 0.25) is 0 Å². The number of nitrogens with one attached hydrogen (secondary N) is 4. The Morgan fingerprint density at radius 3 is 2.23 bits per heavy atom. The first-order chi connectivity index (χ1) is 14.7. The van der Waals surface area contributed by atoms with Crippen LogP contribution in [-0.2, 0) is 10.2 Å². The van der Waals surface area contributed by atoms with Crippen molar-refractivity contribution in [2.24, 2.45) is 0 Å². The fraction of sp³-hybridized carbons (Fsp3) is 0.217. The first-order valence-corrected chi connectivity index (χ1v) is 9.83. The maximum atomic E-state index is 12.2. The summed E-state index contributed by atoms with van der Waals surface area (Å²) in [6.45, 7) is 5.99. The number of hydrazine groups is 1. The van der Waals surface area contributed by atoms with E-state index in [9.17, 15) is 14.4 Å². The van der Waals surface area contributed by atoms with E-state index in [0.717, 1.165) is 11.1 Å². The molecule has 0 aliphatic heterocycles. The van der Waals surface area contributed by atoms with Gasteiger partial charge in [0.25, 0.3) is 17.7 Å². The number of carbonyl (C=O) groups is 3. The maximum Gasteiger partial charge on any atom is 0.287 e. The summed E-state index contributed by atoms with van der Waals surface area (Å²) in [5.74, 6) is -1.48. The second-order valence-corrected chi connectivity index (χ2v) is 8.05. The molecule has 1 heterocycles. The minimum atomic E-state index is -0.559. The van der Waals surface area contributed by atoms with Gasteiger partial charge in [-0.05, 0) is 29.2 Å². The number of nitrogens with zero attached hydrogens (tertiary/aromatic N) is 1. The quantitative estimate of drug-likeness (QED) is 0.476. The number of H-pyrrole nitrogens is 1. The summed E-state index contributed by atoms with van der Waals surface area (Å²) in [7, 11) is 0. The van der Waals surface area contributed by atoms with Crippen LogP contribution in [0.5, 0.6) is 0 Å². The van der Waals surface area contributed by atoms with Gasteiger partial charge in [-0.3, -0.25) is 30.3 Å². The molecule has 3 aromatic rings. The van der Waals surface area contributed by atoms with E-state index in [1.54, 1.807) is 18.2 Å². The molecule has 0 atom stereocenters. The Balaban J connectivity index is 1.46. The largest absolute Gasteiger partial charge is 0.343 e. The number of rotatable bonds is 5. The summed E-state index contributed by atoms with van der Waals surface area (Å²) in [5.41, 5.74) is 7.78. The highest BCUT2D eigenvalue weighted by molar-refractivity contribution is 5.97. The van der Waals surface area contributed by atoms with Gasteiger partial charge in [-0.1, -0.05) is 63.2 Å². The Hall–Kier alpha value is -3.94. The van der Waals surface area contributed by atoms with Crippen LogP contribution >= 0.6 is 0 Å². The van der Waals surface area contributed by atoms with Crippen LogP contribution in [0.15, 0.2) is 60.7 Å². The van der Waals surface area contributed by atoms with Crippen molar-refractivity contribution >= 4 is 17.7 Å². The molecule has 3 amide bonds. The van der Waals surface area contributed by atoms with E-state index in [0.29, 0.717) is 11.3 Å². The van der Waals surface area contributed by atoms with E-state index in [1.807, 2.05) is 42.5 Å². The molecular weight excluding hydrogens is 394 g/mol. The Bertz CT molecular complexity index is 1070. The van der Waals surface area contributed by atoms with Crippen molar-refractivity contribution in [3.05, 3.63) is 77.5 Å². The number of aromatic nitrogens is 2. The second-order valence-electron chi connectivity index (χ2n) is 8.05. The lowest BCUT2D eigenvalue weighted by Gasteiger charge is -2.19. The number of hydrogen-bond donors (Lipinski definition) is 4. The Kier molecular flexibility index (Phi) is 6.49. The van der Waals surface area contributed by atoms with Crippen LogP contribution in [0.1, 0.15) is 47.2 Å². The number of amides is 3. The molecule has 2 aromatic carbocycles. The summed E-state index contributed by atoms with van der Waals surface area (Å²) in [5, 5.41) is 9.25. The zero-order valence-corrected chi connectivity index (χ0v) is 17.7. The van der Waals surface area contributed by atoms with Gasteiger partial charge in [0.1, 0.15) is 5.69 Å². The van der Waals surface area contributed by atoms with E-state index in [2.05, 4.69) is 47.1 Å². The van der Waals surface area contributed by atoms with Crippen molar-refractivity contribution in [2.45, 2.75) is 26.2 Å². The van der Waals surface area contributed by atoms with Crippen molar-refractivity contribution in [3.63, 3.8) is 0 Å². The summed E-state index contributed by atoms with van der Waals surface area (Å²) in [4.78, 5) is 36.4. The van der Waals surface area contributed by atoms with Gasteiger partial charge in [-0.15, -0.1) is 0 Å². The lowest BCUT2D eigenvalue weighted by Crippen LogP contribution is -2.46. The highest BCUT2D eigenvalue weighted by Gasteiger charge is 2.15. The number of benzene rings is 2. The van der Waals surface area contributed by atoms with Crippen LogP contribution in [0.4, 0.5) is 0 Å². The highest BCUT2D eigenvalue weighted by Crippen LogP contribution is 2.22. The molecule has 4 N–H and O–H groups in total. The summed E-state index contributed by atoms with van der Waals surface area (Å²) < 4.78 is 0. The molecule has 0 spiro atoms. The number of hydrogen-bond acceptors (Lipinski definition) is 4. The van der Waals surface area contributed by atoms with Gasteiger partial charge in [0.2, 0.25) is 0 Å². The molecule has 0 unspecified atom stereocenters. The molecule has 0 radical (unpaired) electrons. The van der Waals surface area contributed by atoms with Crippen molar-refractivity contribution in [1.29, 1.82) is 0 Å². The Labute approximate surface area is 180 Å². The van der Waals surface area contributed by atoms with Crippen LogP contribution in [0.25, 0.3) is 11.3 Å². The molecule has 0 aliphatic rings. The standard InChI is InChI=1S/C23H25N5O3/c1-23(2,3)17-11-9-16(10-12-17)21(30)24-14-20(29)27-28-22(31)19-13-18(25-26-19)15-7-5-4-6-8-15/h4-13H,14H2,1-3H3,(H,24,30)(H,25,26)(H,27,29)(H,28,31). The predicted molar refractivity (Wildman–Crippen MR) is 117 cm³/mol. The summed E-state index contributed by atoms with van der Waals surface area (Å²) >= 11 is 0. The molecule has 1 aromatic heterocycles. The molecule has 160 valence electrons. The summed E-state index contributed by atoms with van der Waals surface area (Å²) in [6, 6.07) is 18.2. The van der Waals surface area contributed by atoms with Gasteiger partial charge in [-0.2, -0.15) is 5.10 Å². The first-order valence-electron chi connectivity index (χ1n) is 9.83. The molecule has 31 heavy (non-hydrogen) atoms. The highest BCUT2D eigenvalue weighted by atomic mass is 16.2.